The molecule has 32 nitrogen and oxygen atoms in total. The summed E-state index contributed by atoms with van der Waals surface area (Å²) in [7, 11) is 0. The number of rotatable bonds is 41. The van der Waals surface area contributed by atoms with E-state index in [0.29, 0.717) is 17.5 Å². The quantitative estimate of drug-likeness (QED) is 0.0275. The van der Waals surface area contributed by atoms with Crippen LogP contribution in [0.1, 0.15) is 76.3 Å². The number of aliphatic hydroxyl groups is 3. The number of hydrogen-bond acceptors (Lipinski definition) is 20. The predicted molar refractivity (Wildman–Crippen MR) is 312 cm³/mol. The number of nitrogens with two attached hydrogens (primary N) is 4. The summed E-state index contributed by atoms with van der Waals surface area (Å²) in [5.41, 5.74) is 23.3. The highest BCUT2D eigenvalue weighted by atomic mass is 32.2. The van der Waals surface area contributed by atoms with Crippen LogP contribution in [0, 0.1) is 0 Å². The van der Waals surface area contributed by atoms with E-state index in [2.05, 4.69) is 53.2 Å². The van der Waals surface area contributed by atoms with Crippen molar-refractivity contribution in [3.8, 4) is 5.75 Å². The van der Waals surface area contributed by atoms with E-state index in [1.807, 2.05) is 0 Å². The smallest absolute Gasteiger partial charge is 0.326 e. The number of carboxylic acids is 1. The lowest BCUT2D eigenvalue weighted by molar-refractivity contribution is -0.143. The molecule has 0 aliphatic heterocycles. The van der Waals surface area contributed by atoms with Crippen molar-refractivity contribution in [2.24, 2.45) is 22.9 Å². The van der Waals surface area contributed by atoms with Crippen LogP contribution >= 0.6 is 11.8 Å². The summed E-state index contributed by atoms with van der Waals surface area (Å²) < 4.78 is 0. The zero-order valence-corrected chi connectivity index (χ0v) is 49.2. The highest BCUT2D eigenvalue weighted by Crippen LogP contribution is 2.13. The van der Waals surface area contributed by atoms with Crippen LogP contribution in [0.4, 0.5) is 0 Å². The Hall–Kier alpha value is -8.50. The average Bonchev–Trinajstić information content (AvgIpc) is 3.69. The Bertz CT molecular complexity index is 2660. The average molecular weight is 1250 g/mol. The van der Waals surface area contributed by atoms with Gasteiger partial charge in [-0.2, -0.15) is 11.8 Å². The summed E-state index contributed by atoms with van der Waals surface area (Å²) in [5.74, 6) is -13.2. The van der Waals surface area contributed by atoms with Crippen molar-refractivity contribution in [3.63, 3.8) is 0 Å². The SMILES string of the molecule is CSCC[C@H](NC(=O)[C@H](Cc1ccccc1)NC(=O)CNC(=O)[C@@H](C)NC(=O)[C@@H](N)Cc1ccc(O)cc1)C(=O)N[C@H](C(=O)N[C@@H](CO)C(=O)N[C@@H](CCC(N)=O)C(=O)N[C@@H](CCCCN)C(=O)N[C@@H](CO)C(=O)N[C@@H](CCC(N)=O)C(=O)O)[C@@H](C)O. The number of phenolic OH excluding ortho intramolecular Hbond substituents is 1. The van der Waals surface area contributed by atoms with E-state index in [9.17, 15) is 87.9 Å². The van der Waals surface area contributed by atoms with Gasteiger partial charge in [0.2, 0.25) is 70.9 Å². The summed E-state index contributed by atoms with van der Waals surface area (Å²) in [6, 6.07) is -1.21. The van der Waals surface area contributed by atoms with E-state index in [1.54, 1.807) is 48.7 Å². The van der Waals surface area contributed by atoms with Crippen LogP contribution in [0.15, 0.2) is 54.6 Å². The van der Waals surface area contributed by atoms with Crippen molar-refractivity contribution in [1.82, 2.24) is 53.2 Å². The molecule has 12 amide bonds. The lowest BCUT2D eigenvalue weighted by Crippen LogP contribution is -2.62. The maximum atomic E-state index is 14.1. The van der Waals surface area contributed by atoms with Gasteiger partial charge in [0.05, 0.1) is 31.9 Å². The molecule has 0 aromatic heterocycles. The number of carboxylic acid groups (broad SMARTS) is 1. The van der Waals surface area contributed by atoms with Crippen LogP contribution < -0.4 is 76.1 Å². The van der Waals surface area contributed by atoms with E-state index in [0.717, 1.165) is 6.92 Å². The molecule has 2 aromatic carbocycles. The molecule has 33 heteroatoms. The fourth-order valence-corrected chi connectivity index (χ4v) is 8.50. The third kappa shape index (κ3) is 28.0. The van der Waals surface area contributed by atoms with Gasteiger partial charge in [0, 0.05) is 19.3 Å². The summed E-state index contributed by atoms with van der Waals surface area (Å²) in [6.45, 7) is -0.304. The van der Waals surface area contributed by atoms with Gasteiger partial charge in [-0.25, -0.2) is 4.79 Å². The molecule has 0 saturated carbocycles. The molecular weight excluding hydrogens is 1160 g/mol. The number of thioether (sulfide) groups is 1. The number of nitrogens with one attached hydrogen (secondary N) is 10. The number of hydrogen-bond donors (Lipinski definition) is 19. The van der Waals surface area contributed by atoms with Crippen molar-refractivity contribution in [1.29, 1.82) is 0 Å². The van der Waals surface area contributed by atoms with Crippen molar-refractivity contribution in [2.75, 3.05) is 38.3 Å². The Morgan fingerprint density at radius 1 is 0.517 bits per heavy atom. The number of amides is 12. The Labute approximate surface area is 505 Å². The summed E-state index contributed by atoms with van der Waals surface area (Å²) >= 11 is 1.27. The Kier molecular flexibility index (Phi) is 33.7. The van der Waals surface area contributed by atoms with Gasteiger partial charge >= 0.3 is 5.97 Å². The van der Waals surface area contributed by atoms with Crippen LogP contribution in [0.5, 0.6) is 5.75 Å². The molecule has 0 radical (unpaired) electrons. The van der Waals surface area contributed by atoms with Crippen LogP contribution in [-0.2, 0) is 75.2 Å². The van der Waals surface area contributed by atoms with Gasteiger partial charge in [0.15, 0.2) is 0 Å². The van der Waals surface area contributed by atoms with Crippen LogP contribution in [0.3, 0.4) is 0 Å². The summed E-state index contributed by atoms with van der Waals surface area (Å²) in [5, 5.41) is 73.5. The highest BCUT2D eigenvalue weighted by molar-refractivity contribution is 7.98. The van der Waals surface area contributed by atoms with E-state index >= 15 is 0 Å². The minimum Gasteiger partial charge on any atom is -0.508 e. The number of carbonyl (C=O) groups excluding carboxylic acids is 12. The fourth-order valence-electron chi connectivity index (χ4n) is 8.03. The number of unbranched alkanes of at least 4 members (excludes halogenated alkanes) is 1. The third-order valence-electron chi connectivity index (χ3n) is 13.0. The van der Waals surface area contributed by atoms with Gasteiger partial charge in [-0.05, 0) is 101 Å². The normalized spacial score (nSPS) is 14.8. The molecule has 482 valence electrons. The monoisotopic (exact) mass is 1250 g/mol. The van der Waals surface area contributed by atoms with Crippen molar-refractivity contribution >= 4 is 88.6 Å². The second-order valence-corrected chi connectivity index (χ2v) is 21.1. The lowest BCUT2D eigenvalue weighted by atomic mass is 10.0. The molecule has 23 N–H and O–H groups in total. The molecule has 0 unspecified atom stereocenters. The van der Waals surface area contributed by atoms with Gasteiger partial charge in [0.1, 0.15) is 60.1 Å². The highest BCUT2D eigenvalue weighted by Gasteiger charge is 2.36. The van der Waals surface area contributed by atoms with Crippen molar-refractivity contribution < 1.29 is 87.9 Å². The summed E-state index contributed by atoms with van der Waals surface area (Å²) in [4.78, 5) is 170. The number of aliphatic carboxylic acids is 1. The topological polar surface area (TPSA) is 547 Å². The third-order valence-corrected chi connectivity index (χ3v) is 13.6. The molecule has 11 atom stereocenters. The second-order valence-electron chi connectivity index (χ2n) is 20.1. The number of aliphatic hydroxyl groups excluding tert-OH is 3. The van der Waals surface area contributed by atoms with Gasteiger partial charge < -0.3 is 102 Å². The first kappa shape index (κ1) is 74.6. The van der Waals surface area contributed by atoms with Crippen LogP contribution in [0.25, 0.3) is 0 Å². The predicted octanol–water partition coefficient (Wildman–Crippen LogP) is -7.13. The Morgan fingerprint density at radius 2 is 0.977 bits per heavy atom. The molecule has 0 fully saturated rings. The number of primary amides is 2. The van der Waals surface area contributed by atoms with Gasteiger partial charge in [-0.1, -0.05) is 42.5 Å². The molecule has 0 aliphatic carbocycles. The fraction of sp³-hybridized carbons (Fsp3) is 0.537. The molecule has 2 rings (SSSR count). The molecular formula is C54H82N14O18S. The number of aromatic hydroxyl groups is 1. The van der Waals surface area contributed by atoms with E-state index < -0.39 is 189 Å². The minimum absolute atomic E-state index is 0.0213. The zero-order valence-electron chi connectivity index (χ0n) is 48.4. The molecule has 0 saturated heterocycles. The lowest BCUT2D eigenvalue weighted by Gasteiger charge is -2.28. The molecule has 0 heterocycles. The Balaban J connectivity index is 2.27. The first-order valence-electron chi connectivity index (χ1n) is 27.6. The second kappa shape index (κ2) is 39.2. The molecule has 0 spiro atoms. The minimum atomic E-state index is -1.94. The standard InChI is InChI=1S/C54H82N14O18S/c1-28(60-46(77)33(56)23-31-12-14-32(72)15-13-31)45(76)59-25-43(75)61-38(24-30-9-5-4-6-10-30)50(81)64-36(20-22-87-3)49(80)68-44(29(2)71)53(84)67-40(27-70)51(82)63-35(16-18-41(57)73)48(79)62-34(11-7-8-21-55)47(78)66-39(26-69)52(83)65-37(54(85)86)17-19-42(58)74/h4-6,9-10,12-15,28-29,33-40,44,69-72H,7-8,11,16-27,55-56H2,1-3H3,(H2,57,73)(H2,58,74)(H,59,76)(H,60,77)(H,61,75)(H,62,79)(H,63,82)(H,64,81)(H,65,83)(H,66,78)(H,67,84)(H,68,80)(H,85,86)/t28-,29-,33+,34+,35+,36+,37+,38+,39+,40+,44+/m1/s1. The maximum absolute atomic E-state index is 14.1. The van der Waals surface area contributed by atoms with Gasteiger partial charge in [-0.15, -0.1) is 0 Å². The molecule has 2 aromatic rings. The van der Waals surface area contributed by atoms with E-state index in [1.165, 1.54) is 30.8 Å². The number of carbonyl (C=O) groups is 13. The molecule has 87 heavy (non-hydrogen) atoms. The van der Waals surface area contributed by atoms with E-state index in [4.69, 9.17) is 22.9 Å². The first-order valence-corrected chi connectivity index (χ1v) is 29.0. The van der Waals surface area contributed by atoms with Crippen molar-refractivity contribution in [2.45, 2.75) is 145 Å². The molecule has 0 aliphatic rings. The van der Waals surface area contributed by atoms with Crippen LogP contribution in [-0.4, -0.2) is 207 Å². The maximum Gasteiger partial charge on any atom is 0.326 e. The molecule has 0 bridgehead atoms. The van der Waals surface area contributed by atoms with Gasteiger partial charge in [0.25, 0.3) is 0 Å². The first-order chi connectivity index (χ1) is 41.1. The van der Waals surface area contributed by atoms with Crippen LogP contribution in [0.2, 0.25) is 0 Å². The number of benzene rings is 2. The van der Waals surface area contributed by atoms with E-state index in [-0.39, 0.29) is 50.2 Å². The summed E-state index contributed by atoms with van der Waals surface area (Å²) in [6.07, 6.45) is -1.73. The zero-order chi connectivity index (χ0) is 65.3. The van der Waals surface area contributed by atoms with Crippen molar-refractivity contribution in [3.05, 3.63) is 65.7 Å². The van der Waals surface area contributed by atoms with Gasteiger partial charge in [-0.3, -0.25) is 57.5 Å². The number of phenols is 1. The Morgan fingerprint density at radius 3 is 1.48 bits per heavy atom. The largest absolute Gasteiger partial charge is 0.508 e.